The van der Waals surface area contributed by atoms with Crippen LogP contribution in [0.1, 0.15) is 35.3 Å². The molecule has 132 valence electrons. The standard InChI is InChI=1S/C21H25NO3/c1-5-13-25-18-12-11-17(14-19(18)24-7-3)21(23)22-20-15(4)9-8-10-16(20)6-2/h5,8-12,14H,1,6-7,13H2,2-4H3,(H,22,23). The van der Waals surface area contributed by atoms with Crippen LogP contribution in [-0.4, -0.2) is 19.1 Å². The van der Waals surface area contributed by atoms with Gasteiger partial charge in [-0.3, -0.25) is 4.79 Å². The topological polar surface area (TPSA) is 47.6 Å². The first kappa shape index (κ1) is 18.6. The van der Waals surface area contributed by atoms with E-state index in [1.807, 2.05) is 32.0 Å². The maximum absolute atomic E-state index is 12.7. The molecule has 25 heavy (non-hydrogen) atoms. The van der Waals surface area contributed by atoms with Crippen LogP contribution in [-0.2, 0) is 6.42 Å². The number of carbonyl (C=O) groups excluding carboxylic acids is 1. The van der Waals surface area contributed by atoms with Crippen LogP contribution in [0.5, 0.6) is 11.5 Å². The van der Waals surface area contributed by atoms with Crippen LogP contribution in [0.3, 0.4) is 0 Å². The molecule has 0 aliphatic carbocycles. The van der Waals surface area contributed by atoms with E-state index in [2.05, 4.69) is 18.8 Å². The maximum Gasteiger partial charge on any atom is 0.255 e. The van der Waals surface area contributed by atoms with Gasteiger partial charge in [0.2, 0.25) is 0 Å². The second-order valence-corrected chi connectivity index (χ2v) is 5.61. The molecule has 1 N–H and O–H groups in total. The summed E-state index contributed by atoms with van der Waals surface area (Å²) in [5.74, 6) is 0.987. The number of carbonyl (C=O) groups is 1. The zero-order chi connectivity index (χ0) is 18.2. The molecule has 0 aliphatic rings. The molecule has 0 radical (unpaired) electrons. The normalized spacial score (nSPS) is 10.2. The average Bonchev–Trinajstić information content (AvgIpc) is 2.62. The van der Waals surface area contributed by atoms with Crippen molar-refractivity contribution in [3.63, 3.8) is 0 Å². The molecule has 0 unspecified atom stereocenters. The molecule has 0 saturated heterocycles. The van der Waals surface area contributed by atoms with Crippen LogP contribution in [0.2, 0.25) is 0 Å². The largest absolute Gasteiger partial charge is 0.490 e. The lowest BCUT2D eigenvalue weighted by molar-refractivity contribution is 0.102. The number of ether oxygens (including phenoxy) is 2. The van der Waals surface area contributed by atoms with Crippen LogP contribution in [0.15, 0.2) is 49.1 Å². The van der Waals surface area contributed by atoms with E-state index in [0.717, 1.165) is 23.2 Å². The van der Waals surface area contributed by atoms with E-state index in [0.29, 0.717) is 30.3 Å². The van der Waals surface area contributed by atoms with Gasteiger partial charge in [0.25, 0.3) is 5.91 Å². The Balaban J connectivity index is 2.27. The molecule has 4 heteroatoms. The fourth-order valence-corrected chi connectivity index (χ4v) is 2.57. The van der Waals surface area contributed by atoms with Crippen molar-refractivity contribution in [2.24, 2.45) is 0 Å². The lowest BCUT2D eigenvalue weighted by atomic mass is 10.1. The van der Waals surface area contributed by atoms with Crippen LogP contribution >= 0.6 is 0 Å². The summed E-state index contributed by atoms with van der Waals surface area (Å²) in [6.45, 7) is 10.5. The van der Waals surface area contributed by atoms with Crippen molar-refractivity contribution < 1.29 is 14.3 Å². The van der Waals surface area contributed by atoms with E-state index in [1.54, 1.807) is 24.3 Å². The Morgan fingerprint density at radius 2 is 1.96 bits per heavy atom. The SMILES string of the molecule is C=CCOc1ccc(C(=O)Nc2c(C)cccc2CC)cc1OCC. The van der Waals surface area contributed by atoms with Gasteiger partial charge in [-0.2, -0.15) is 0 Å². The van der Waals surface area contributed by atoms with Gasteiger partial charge in [-0.05, 0) is 49.6 Å². The number of aryl methyl sites for hydroxylation is 2. The van der Waals surface area contributed by atoms with E-state index >= 15 is 0 Å². The predicted octanol–water partition coefficient (Wildman–Crippen LogP) is 4.77. The summed E-state index contributed by atoms with van der Waals surface area (Å²) in [7, 11) is 0. The molecule has 0 fully saturated rings. The fourth-order valence-electron chi connectivity index (χ4n) is 2.57. The van der Waals surface area contributed by atoms with Crippen molar-refractivity contribution in [1.82, 2.24) is 0 Å². The number of para-hydroxylation sites is 1. The Morgan fingerprint density at radius 3 is 2.64 bits per heavy atom. The Labute approximate surface area is 149 Å². The van der Waals surface area contributed by atoms with E-state index in [4.69, 9.17) is 9.47 Å². The lowest BCUT2D eigenvalue weighted by Crippen LogP contribution is -2.14. The van der Waals surface area contributed by atoms with Crippen LogP contribution in [0, 0.1) is 6.92 Å². The van der Waals surface area contributed by atoms with Gasteiger partial charge in [-0.15, -0.1) is 0 Å². The summed E-state index contributed by atoms with van der Waals surface area (Å²) in [6.07, 6.45) is 2.52. The Kier molecular flexibility index (Phi) is 6.63. The van der Waals surface area contributed by atoms with Gasteiger partial charge in [0.05, 0.1) is 6.61 Å². The van der Waals surface area contributed by atoms with Crippen molar-refractivity contribution in [2.45, 2.75) is 27.2 Å². The molecule has 0 bridgehead atoms. The first-order valence-electron chi connectivity index (χ1n) is 8.51. The third kappa shape index (κ3) is 4.63. The molecule has 2 aromatic rings. The van der Waals surface area contributed by atoms with Crippen LogP contribution in [0.25, 0.3) is 0 Å². The number of amides is 1. The number of anilines is 1. The van der Waals surface area contributed by atoms with E-state index < -0.39 is 0 Å². The van der Waals surface area contributed by atoms with Crippen molar-refractivity contribution in [3.05, 3.63) is 65.7 Å². The number of hydrogen-bond acceptors (Lipinski definition) is 3. The molecule has 0 spiro atoms. The highest BCUT2D eigenvalue weighted by Crippen LogP contribution is 2.29. The Hall–Kier alpha value is -2.75. The van der Waals surface area contributed by atoms with Gasteiger partial charge >= 0.3 is 0 Å². The zero-order valence-corrected chi connectivity index (χ0v) is 15.1. The molecule has 4 nitrogen and oxygen atoms in total. The molecule has 2 rings (SSSR count). The number of benzene rings is 2. The number of hydrogen-bond donors (Lipinski definition) is 1. The second-order valence-electron chi connectivity index (χ2n) is 5.61. The summed E-state index contributed by atoms with van der Waals surface area (Å²) in [4.78, 5) is 12.7. The first-order chi connectivity index (χ1) is 12.1. The minimum Gasteiger partial charge on any atom is -0.490 e. The number of nitrogens with one attached hydrogen (secondary N) is 1. The summed E-state index contributed by atoms with van der Waals surface area (Å²) in [5, 5.41) is 3.03. The molecule has 2 aromatic carbocycles. The van der Waals surface area contributed by atoms with E-state index in [9.17, 15) is 4.79 Å². The smallest absolute Gasteiger partial charge is 0.255 e. The molecule has 0 aliphatic heterocycles. The van der Waals surface area contributed by atoms with Crippen molar-refractivity contribution in [3.8, 4) is 11.5 Å². The molecule has 1 amide bonds. The summed E-state index contributed by atoms with van der Waals surface area (Å²) in [6, 6.07) is 11.2. The second kappa shape index (κ2) is 8.92. The van der Waals surface area contributed by atoms with E-state index in [-0.39, 0.29) is 5.91 Å². The third-order valence-corrected chi connectivity index (χ3v) is 3.84. The van der Waals surface area contributed by atoms with E-state index in [1.165, 1.54) is 0 Å². The summed E-state index contributed by atoms with van der Waals surface area (Å²) >= 11 is 0. The number of rotatable bonds is 8. The molecule has 0 atom stereocenters. The summed E-state index contributed by atoms with van der Waals surface area (Å²) < 4.78 is 11.2. The highest BCUT2D eigenvalue weighted by atomic mass is 16.5. The Morgan fingerprint density at radius 1 is 1.16 bits per heavy atom. The zero-order valence-electron chi connectivity index (χ0n) is 15.1. The van der Waals surface area contributed by atoms with Crippen molar-refractivity contribution >= 4 is 11.6 Å². The molecular formula is C21H25NO3. The Bertz CT molecular complexity index is 753. The maximum atomic E-state index is 12.7. The van der Waals surface area contributed by atoms with Crippen LogP contribution < -0.4 is 14.8 Å². The van der Waals surface area contributed by atoms with Gasteiger partial charge in [0, 0.05) is 11.3 Å². The first-order valence-corrected chi connectivity index (χ1v) is 8.51. The van der Waals surface area contributed by atoms with Gasteiger partial charge < -0.3 is 14.8 Å². The minimum absolute atomic E-state index is 0.166. The monoisotopic (exact) mass is 339 g/mol. The molecular weight excluding hydrogens is 314 g/mol. The van der Waals surface area contributed by atoms with Gasteiger partial charge in [-0.25, -0.2) is 0 Å². The quantitative estimate of drug-likeness (QED) is 0.705. The predicted molar refractivity (Wildman–Crippen MR) is 102 cm³/mol. The third-order valence-electron chi connectivity index (χ3n) is 3.84. The van der Waals surface area contributed by atoms with Crippen molar-refractivity contribution in [1.29, 1.82) is 0 Å². The van der Waals surface area contributed by atoms with Gasteiger partial charge in [0.15, 0.2) is 11.5 Å². The van der Waals surface area contributed by atoms with Gasteiger partial charge in [0.1, 0.15) is 6.61 Å². The van der Waals surface area contributed by atoms with Crippen LogP contribution in [0.4, 0.5) is 5.69 Å². The molecule has 0 saturated carbocycles. The average molecular weight is 339 g/mol. The lowest BCUT2D eigenvalue weighted by Gasteiger charge is -2.15. The fraction of sp³-hybridized carbons (Fsp3) is 0.286. The highest BCUT2D eigenvalue weighted by Gasteiger charge is 2.14. The molecule has 0 heterocycles. The highest BCUT2D eigenvalue weighted by molar-refractivity contribution is 6.05. The van der Waals surface area contributed by atoms with Gasteiger partial charge in [-0.1, -0.05) is 37.8 Å². The molecule has 0 aromatic heterocycles. The summed E-state index contributed by atoms with van der Waals surface area (Å²) in [5.41, 5.74) is 3.56. The minimum atomic E-state index is -0.166. The van der Waals surface area contributed by atoms with Crippen molar-refractivity contribution in [2.75, 3.05) is 18.5 Å².